The Hall–Kier alpha value is -1.72. The lowest BCUT2D eigenvalue weighted by Crippen LogP contribution is -2.66. The van der Waals surface area contributed by atoms with Crippen LogP contribution < -0.4 is 0 Å². The number of aliphatic hydroxyl groups excluding tert-OH is 2. The lowest BCUT2D eigenvalue weighted by molar-refractivity contribution is -0.246. The van der Waals surface area contributed by atoms with Crippen molar-refractivity contribution >= 4 is 0 Å². The Balaban J connectivity index is 1.17. The first-order valence-electron chi connectivity index (χ1n) is 18.1. The second kappa shape index (κ2) is 12.1. The smallest absolute Gasteiger partial charge is 0.0652 e. The maximum Gasteiger partial charge on any atom is 0.0652 e. The summed E-state index contributed by atoms with van der Waals surface area (Å²) in [5.41, 5.74) is 2.01. The highest BCUT2D eigenvalue weighted by molar-refractivity contribution is 5.20. The molecule has 4 aliphatic rings. The Morgan fingerprint density at radius 1 is 0.756 bits per heavy atom. The molecule has 0 heterocycles. The van der Waals surface area contributed by atoms with Crippen LogP contribution in [0.2, 0.25) is 0 Å². The van der Waals surface area contributed by atoms with Crippen LogP contribution in [0.1, 0.15) is 110 Å². The van der Waals surface area contributed by atoms with Gasteiger partial charge in [-0.25, -0.2) is 0 Å². The van der Waals surface area contributed by atoms with Crippen molar-refractivity contribution in [1.82, 2.24) is 4.90 Å². The molecular weight excluding hydrogens is 554 g/mol. The summed E-state index contributed by atoms with van der Waals surface area (Å²) in [4.78, 5) is 2.52. The second-order valence-corrected chi connectivity index (χ2v) is 17.5. The van der Waals surface area contributed by atoms with Gasteiger partial charge in [0.05, 0.1) is 17.8 Å². The third-order valence-corrected chi connectivity index (χ3v) is 14.8. The van der Waals surface area contributed by atoms with Gasteiger partial charge in [0.1, 0.15) is 0 Å². The van der Waals surface area contributed by atoms with Crippen molar-refractivity contribution in [1.29, 1.82) is 0 Å². The van der Waals surface area contributed by atoms with Gasteiger partial charge in [0.2, 0.25) is 0 Å². The van der Waals surface area contributed by atoms with Crippen molar-refractivity contribution in [3.05, 3.63) is 71.8 Å². The second-order valence-electron chi connectivity index (χ2n) is 17.5. The maximum absolute atomic E-state index is 12.2. The van der Waals surface area contributed by atoms with Crippen LogP contribution in [0, 0.1) is 45.3 Å². The number of hydrogen-bond acceptors (Lipinski definition) is 4. The fraction of sp³-hybridized carbons (Fsp3) is 0.707. The molecular formula is C41H61NO3. The van der Waals surface area contributed by atoms with Gasteiger partial charge in [0, 0.05) is 13.1 Å². The largest absolute Gasteiger partial charge is 0.393 e. The molecule has 0 amide bonds. The van der Waals surface area contributed by atoms with E-state index in [1.54, 1.807) is 0 Å². The van der Waals surface area contributed by atoms with Crippen LogP contribution >= 0.6 is 0 Å². The van der Waals surface area contributed by atoms with Gasteiger partial charge in [-0.3, -0.25) is 4.90 Å². The summed E-state index contributed by atoms with van der Waals surface area (Å²) in [7, 11) is 0. The zero-order valence-corrected chi connectivity index (χ0v) is 29.0. The molecule has 0 aliphatic heterocycles. The number of hydrogen-bond donors (Lipinski definition) is 3. The van der Waals surface area contributed by atoms with Crippen LogP contribution in [0.15, 0.2) is 60.7 Å². The Labute approximate surface area is 273 Å². The molecule has 0 aromatic heterocycles. The van der Waals surface area contributed by atoms with Crippen LogP contribution in [0.3, 0.4) is 0 Å². The fourth-order valence-electron chi connectivity index (χ4n) is 12.2. The number of aliphatic hydroxyl groups is 3. The van der Waals surface area contributed by atoms with E-state index in [-0.39, 0.29) is 45.7 Å². The van der Waals surface area contributed by atoms with Crippen molar-refractivity contribution in [3.63, 3.8) is 0 Å². The Kier molecular flexibility index (Phi) is 8.90. The summed E-state index contributed by atoms with van der Waals surface area (Å²) < 4.78 is 0. The van der Waals surface area contributed by atoms with Crippen molar-refractivity contribution in [2.45, 2.75) is 130 Å². The number of benzene rings is 2. The molecule has 2 aromatic rings. The molecule has 0 saturated heterocycles. The highest BCUT2D eigenvalue weighted by Crippen LogP contribution is 2.75. The summed E-state index contributed by atoms with van der Waals surface area (Å²) in [5, 5.41) is 35.3. The first kappa shape index (κ1) is 33.2. The molecule has 0 bridgehead atoms. The lowest BCUT2D eigenvalue weighted by atomic mass is 9.35. The molecule has 45 heavy (non-hydrogen) atoms. The molecule has 10 atom stereocenters. The molecule has 3 unspecified atom stereocenters. The van der Waals surface area contributed by atoms with E-state index >= 15 is 0 Å². The van der Waals surface area contributed by atoms with E-state index in [4.69, 9.17) is 0 Å². The Bertz CT molecular complexity index is 1250. The van der Waals surface area contributed by atoms with Gasteiger partial charge in [0.15, 0.2) is 0 Å². The first-order valence-corrected chi connectivity index (χ1v) is 18.1. The molecule has 0 spiro atoms. The van der Waals surface area contributed by atoms with E-state index in [0.29, 0.717) is 11.8 Å². The van der Waals surface area contributed by atoms with E-state index in [1.165, 1.54) is 11.1 Å². The monoisotopic (exact) mass is 615 g/mol. The molecule has 0 radical (unpaired) electrons. The van der Waals surface area contributed by atoms with Gasteiger partial charge < -0.3 is 15.3 Å². The average molecular weight is 616 g/mol. The third kappa shape index (κ3) is 5.64. The zero-order chi connectivity index (χ0) is 32.3. The van der Waals surface area contributed by atoms with Crippen LogP contribution in [0.25, 0.3) is 0 Å². The summed E-state index contributed by atoms with van der Waals surface area (Å²) in [6.07, 6.45) is 8.23. The molecule has 4 heteroatoms. The SMILES string of the molecule is CC1(C)C2CC[C@]3(C)C(C[C@@H](O)C4[C@@H]([C@@](C)(O)CCCN(Cc5ccccc5)Cc5ccccc5)CC[C@]43C)[C@@]2(C)CC[C@@H]1O. The highest BCUT2D eigenvalue weighted by Gasteiger charge is 2.71. The summed E-state index contributed by atoms with van der Waals surface area (Å²) in [6, 6.07) is 21.4. The normalized spacial score (nSPS) is 40.3. The first-order chi connectivity index (χ1) is 21.2. The van der Waals surface area contributed by atoms with Crippen molar-refractivity contribution in [2.24, 2.45) is 45.3 Å². The van der Waals surface area contributed by atoms with Crippen molar-refractivity contribution in [3.8, 4) is 0 Å². The van der Waals surface area contributed by atoms with Crippen LogP contribution in [0.5, 0.6) is 0 Å². The summed E-state index contributed by atoms with van der Waals surface area (Å²) >= 11 is 0. The predicted molar refractivity (Wildman–Crippen MR) is 183 cm³/mol. The zero-order valence-electron chi connectivity index (χ0n) is 29.0. The predicted octanol–water partition coefficient (Wildman–Crippen LogP) is 8.24. The molecule has 2 aromatic carbocycles. The van der Waals surface area contributed by atoms with Gasteiger partial charge in [-0.15, -0.1) is 0 Å². The van der Waals surface area contributed by atoms with Gasteiger partial charge in [-0.1, -0.05) is 95.3 Å². The quantitative estimate of drug-likeness (QED) is 0.266. The molecule has 3 N–H and O–H groups in total. The summed E-state index contributed by atoms with van der Waals surface area (Å²) in [6.45, 7) is 16.9. The van der Waals surface area contributed by atoms with E-state index in [0.717, 1.165) is 77.4 Å². The average Bonchev–Trinajstić information content (AvgIpc) is 3.38. The van der Waals surface area contributed by atoms with Crippen LogP contribution in [-0.2, 0) is 13.1 Å². The molecule has 4 nitrogen and oxygen atoms in total. The number of nitrogens with zero attached hydrogens (tertiary/aromatic N) is 1. The van der Waals surface area contributed by atoms with Crippen LogP contribution in [-0.4, -0.2) is 44.6 Å². The number of fused-ring (bicyclic) bond motifs is 5. The summed E-state index contributed by atoms with van der Waals surface area (Å²) in [5.74, 6) is 1.16. The molecule has 6 rings (SSSR count). The molecule has 4 aliphatic carbocycles. The van der Waals surface area contributed by atoms with Gasteiger partial charge in [-0.05, 0) is 128 Å². The van der Waals surface area contributed by atoms with Gasteiger partial charge >= 0.3 is 0 Å². The Morgan fingerprint density at radius 2 is 1.33 bits per heavy atom. The fourth-order valence-corrected chi connectivity index (χ4v) is 12.2. The van der Waals surface area contributed by atoms with Crippen molar-refractivity contribution in [2.75, 3.05) is 6.54 Å². The minimum absolute atomic E-state index is 0.00479. The molecule has 4 fully saturated rings. The van der Waals surface area contributed by atoms with E-state index in [1.807, 2.05) is 0 Å². The van der Waals surface area contributed by atoms with Gasteiger partial charge in [-0.2, -0.15) is 0 Å². The third-order valence-electron chi connectivity index (χ3n) is 14.8. The Morgan fingerprint density at radius 3 is 1.93 bits per heavy atom. The van der Waals surface area contributed by atoms with E-state index < -0.39 is 5.60 Å². The van der Waals surface area contributed by atoms with Gasteiger partial charge in [0.25, 0.3) is 0 Å². The molecule has 4 saturated carbocycles. The van der Waals surface area contributed by atoms with Crippen molar-refractivity contribution < 1.29 is 15.3 Å². The molecule has 248 valence electrons. The minimum atomic E-state index is -0.810. The van der Waals surface area contributed by atoms with E-state index in [9.17, 15) is 15.3 Å². The topological polar surface area (TPSA) is 63.9 Å². The van der Waals surface area contributed by atoms with E-state index in [2.05, 4.69) is 107 Å². The lowest BCUT2D eigenvalue weighted by Gasteiger charge is -2.70. The highest BCUT2D eigenvalue weighted by atomic mass is 16.3. The number of rotatable bonds is 9. The standard InChI is InChI=1S/C41H61NO3/c1-37(2)33-19-24-39(4)34(38(33,3)22-20-35(37)44)26-32(43)36-31(18-23-40(36,39)5)41(6,45)21-13-25-42(27-29-14-9-7-10-15-29)28-30-16-11-8-12-17-30/h7-12,14-17,31-36,43-45H,13,18-28H2,1-6H3/t31-,32+,33?,34?,35-,36?,38-,39+,40+,41-/m0/s1. The van der Waals surface area contributed by atoms with Crippen LogP contribution in [0.4, 0.5) is 0 Å². The minimum Gasteiger partial charge on any atom is -0.393 e. The maximum atomic E-state index is 12.2.